The molecular weight excluding hydrogens is 348 g/mol. The van der Waals surface area contributed by atoms with Crippen LogP contribution in [0.15, 0.2) is 17.1 Å². The molecule has 1 amide bonds. The highest BCUT2D eigenvalue weighted by Gasteiger charge is 2.18. The molecule has 5 nitrogen and oxygen atoms in total. The molecule has 0 N–H and O–H groups in total. The van der Waals surface area contributed by atoms with Gasteiger partial charge in [0.2, 0.25) is 5.91 Å². The zero-order valence-electron chi connectivity index (χ0n) is 15.3. The van der Waals surface area contributed by atoms with Crippen LogP contribution in [0.1, 0.15) is 38.5 Å². The highest BCUT2D eigenvalue weighted by molar-refractivity contribution is 7.16. The molecule has 2 aromatic rings. The Kier molecular flexibility index (Phi) is 6.00. The molecule has 0 spiro atoms. The fraction of sp³-hybridized carbons (Fsp3) is 0.500. The van der Waals surface area contributed by atoms with E-state index in [0.717, 1.165) is 22.4 Å². The molecule has 1 aromatic heterocycles. The molecular formula is C20H24N2O3S. The number of hydrogen-bond donors (Lipinski definition) is 0. The minimum absolute atomic E-state index is 0.0906. The van der Waals surface area contributed by atoms with Crippen LogP contribution in [-0.2, 0) is 11.3 Å². The van der Waals surface area contributed by atoms with E-state index in [0.29, 0.717) is 29.4 Å². The number of benzene rings is 1. The van der Waals surface area contributed by atoms with Crippen molar-refractivity contribution < 1.29 is 14.3 Å². The summed E-state index contributed by atoms with van der Waals surface area (Å²) in [5, 5.41) is 0. The van der Waals surface area contributed by atoms with Gasteiger partial charge in [-0.25, -0.2) is 0 Å². The van der Waals surface area contributed by atoms with E-state index in [4.69, 9.17) is 15.9 Å². The van der Waals surface area contributed by atoms with Gasteiger partial charge < -0.3 is 14.0 Å². The number of ether oxygens (including phenoxy) is 2. The van der Waals surface area contributed by atoms with Crippen LogP contribution in [0.4, 0.5) is 0 Å². The van der Waals surface area contributed by atoms with E-state index < -0.39 is 0 Å². The molecule has 6 heteroatoms. The zero-order valence-corrected chi connectivity index (χ0v) is 16.1. The fourth-order valence-electron chi connectivity index (χ4n) is 3.57. The third-order valence-corrected chi connectivity index (χ3v) is 6.00. The number of fused-ring (bicyclic) bond motifs is 1. The Balaban J connectivity index is 1.99. The van der Waals surface area contributed by atoms with Crippen molar-refractivity contribution in [3.63, 3.8) is 0 Å². The number of methoxy groups -OCH3 is 2. The monoisotopic (exact) mass is 372 g/mol. The molecule has 0 saturated heterocycles. The molecule has 1 aliphatic rings. The summed E-state index contributed by atoms with van der Waals surface area (Å²) in [5.41, 5.74) is 0.817. The van der Waals surface area contributed by atoms with Gasteiger partial charge in [-0.1, -0.05) is 42.9 Å². The minimum atomic E-state index is -0.0906. The first-order valence-electron chi connectivity index (χ1n) is 8.93. The van der Waals surface area contributed by atoms with Crippen LogP contribution in [0.25, 0.3) is 10.2 Å². The summed E-state index contributed by atoms with van der Waals surface area (Å²) in [6.45, 7) is 0.318. The number of aromatic nitrogens is 1. The van der Waals surface area contributed by atoms with Gasteiger partial charge in [0, 0.05) is 6.42 Å². The second kappa shape index (κ2) is 8.41. The third-order valence-electron chi connectivity index (χ3n) is 4.90. The molecule has 0 atom stereocenters. The predicted octanol–water partition coefficient (Wildman–Crippen LogP) is 3.75. The summed E-state index contributed by atoms with van der Waals surface area (Å²) in [6, 6.07) is 3.69. The standard InChI is InChI=1S/C20H24N2O3S/c1-4-13-22-18-15(24-2)10-11-16(25-3)19(18)26-20(22)21-17(23)12-9-14-7-5-6-8-14/h1,10-11,14H,5-9,12-13H2,2-3H3. The van der Waals surface area contributed by atoms with Crippen LogP contribution in [0.2, 0.25) is 0 Å². The lowest BCUT2D eigenvalue weighted by molar-refractivity contribution is -0.118. The van der Waals surface area contributed by atoms with E-state index >= 15 is 0 Å². The molecule has 1 fully saturated rings. The van der Waals surface area contributed by atoms with Gasteiger partial charge in [0.25, 0.3) is 0 Å². The van der Waals surface area contributed by atoms with Crippen molar-refractivity contribution in [3.05, 3.63) is 16.9 Å². The average Bonchev–Trinajstić information content (AvgIpc) is 3.28. The Morgan fingerprint density at radius 2 is 2.00 bits per heavy atom. The Hall–Kier alpha value is -2.26. The normalized spacial score (nSPS) is 15.3. The summed E-state index contributed by atoms with van der Waals surface area (Å²) in [5.74, 6) is 4.63. The first-order chi connectivity index (χ1) is 12.7. The molecule has 1 saturated carbocycles. The van der Waals surface area contributed by atoms with Gasteiger partial charge in [0.05, 0.1) is 20.8 Å². The van der Waals surface area contributed by atoms with Crippen molar-refractivity contribution in [2.45, 2.75) is 45.1 Å². The topological polar surface area (TPSA) is 52.8 Å². The van der Waals surface area contributed by atoms with E-state index in [1.54, 1.807) is 14.2 Å². The van der Waals surface area contributed by atoms with Gasteiger partial charge in [-0.3, -0.25) is 4.79 Å². The molecule has 1 aliphatic carbocycles. The Morgan fingerprint density at radius 1 is 1.31 bits per heavy atom. The van der Waals surface area contributed by atoms with Crippen molar-refractivity contribution in [3.8, 4) is 23.8 Å². The summed E-state index contributed by atoms with van der Waals surface area (Å²) < 4.78 is 13.7. The summed E-state index contributed by atoms with van der Waals surface area (Å²) >= 11 is 1.41. The molecule has 138 valence electrons. The van der Waals surface area contributed by atoms with Crippen LogP contribution in [-0.4, -0.2) is 24.7 Å². The Bertz CT molecular complexity index is 898. The number of amides is 1. The summed E-state index contributed by atoms with van der Waals surface area (Å²) in [6.07, 6.45) is 12.0. The molecule has 0 unspecified atom stereocenters. The molecule has 0 aliphatic heterocycles. The summed E-state index contributed by atoms with van der Waals surface area (Å²) in [4.78, 5) is 17.4. The third kappa shape index (κ3) is 3.78. The maximum atomic E-state index is 12.4. The molecule has 1 aromatic carbocycles. The number of nitrogens with zero attached hydrogens (tertiary/aromatic N) is 2. The number of terminal acetylenes is 1. The Labute approximate surface area is 157 Å². The number of thiazole rings is 1. The number of carbonyl (C=O) groups is 1. The highest BCUT2D eigenvalue weighted by Crippen LogP contribution is 2.35. The molecule has 26 heavy (non-hydrogen) atoms. The van der Waals surface area contributed by atoms with Crippen LogP contribution in [0, 0.1) is 18.3 Å². The van der Waals surface area contributed by atoms with Crippen LogP contribution in [0.3, 0.4) is 0 Å². The smallest absolute Gasteiger partial charge is 0.248 e. The van der Waals surface area contributed by atoms with Crippen molar-refractivity contribution >= 4 is 27.5 Å². The lowest BCUT2D eigenvalue weighted by Crippen LogP contribution is -2.17. The van der Waals surface area contributed by atoms with Crippen molar-refractivity contribution in [2.24, 2.45) is 10.9 Å². The van der Waals surface area contributed by atoms with E-state index in [2.05, 4.69) is 10.9 Å². The largest absolute Gasteiger partial charge is 0.495 e. The van der Waals surface area contributed by atoms with Gasteiger partial charge >= 0.3 is 0 Å². The first-order valence-corrected chi connectivity index (χ1v) is 9.75. The van der Waals surface area contributed by atoms with Gasteiger partial charge in [0.1, 0.15) is 21.7 Å². The van der Waals surface area contributed by atoms with Crippen LogP contribution >= 0.6 is 11.3 Å². The van der Waals surface area contributed by atoms with Gasteiger partial charge in [-0.05, 0) is 24.5 Å². The molecule has 0 bridgehead atoms. The molecule has 1 heterocycles. The minimum Gasteiger partial charge on any atom is -0.495 e. The highest BCUT2D eigenvalue weighted by atomic mass is 32.1. The van der Waals surface area contributed by atoms with Crippen molar-refractivity contribution in [2.75, 3.05) is 14.2 Å². The second-order valence-corrected chi connectivity index (χ2v) is 7.49. The maximum absolute atomic E-state index is 12.4. The Morgan fingerprint density at radius 3 is 2.65 bits per heavy atom. The first kappa shape index (κ1) is 18.5. The fourth-order valence-corrected chi connectivity index (χ4v) is 4.72. The quantitative estimate of drug-likeness (QED) is 0.726. The van der Waals surface area contributed by atoms with Crippen LogP contribution < -0.4 is 14.3 Å². The van der Waals surface area contributed by atoms with Crippen LogP contribution in [0.5, 0.6) is 11.5 Å². The lowest BCUT2D eigenvalue weighted by Gasteiger charge is -2.08. The van der Waals surface area contributed by atoms with E-state index in [1.807, 2.05) is 16.7 Å². The van der Waals surface area contributed by atoms with E-state index in [-0.39, 0.29) is 5.91 Å². The SMILES string of the molecule is C#CCn1c(=NC(=O)CCC2CCCC2)sc2c(OC)ccc(OC)c21. The zero-order chi connectivity index (χ0) is 18.5. The van der Waals surface area contributed by atoms with Crippen molar-refractivity contribution in [1.82, 2.24) is 4.57 Å². The van der Waals surface area contributed by atoms with E-state index in [9.17, 15) is 4.79 Å². The van der Waals surface area contributed by atoms with Gasteiger partial charge in [0.15, 0.2) is 4.80 Å². The number of carbonyl (C=O) groups excluding carboxylic acids is 1. The maximum Gasteiger partial charge on any atom is 0.248 e. The lowest BCUT2D eigenvalue weighted by atomic mass is 10.0. The molecule has 3 rings (SSSR count). The summed E-state index contributed by atoms with van der Waals surface area (Å²) in [7, 11) is 3.23. The van der Waals surface area contributed by atoms with Gasteiger partial charge in [-0.2, -0.15) is 4.99 Å². The average molecular weight is 372 g/mol. The van der Waals surface area contributed by atoms with Crippen molar-refractivity contribution in [1.29, 1.82) is 0 Å². The van der Waals surface area contributed by atoms with Gasteiger partial charge in [-0.15, -0.1) is 6.42 Å². The number of hydrogen-bond acceptors (Lipinski definition) is 4. The number of rotatable bonds is 6. The molecule has 0 radical (unpaired) electrons. The second-order valence-electron chi connectivity index (χ2n) is 6.52. The van der Waals surface area contributed by atoms with E-state index in [1.165, 1.54) is 37.0 Å². The predicted molar refractivity (Wildman–Crippen MR) is 104 cm³/mol.